The summed E-state index contributed by atoms with van der Waals surface area (Å²) in [5.74, 6) is 0.170. The van der Waals surface area contributed by atoms with E-state index in [1.165, 1.54) is 28.9 Å². The van der Waals surface area contributed by atoms with Crippen LogP contribution in [0, 0.1) is 0 Å². The molecule has 2 aromatic carbocycles. The van der Waals surface area contributed by atoms with Crippen molar-refractivity contribution in [2.75, 3.05) is 7.05 Å². The third kappa shape index (κ3) is 2.61. The first-order valence-electron chi connectivity index (χ1n) is 8.44. The van der Waals surface area contributed by atoms with Crippen molar-refractivity contribution < 1.29 is 4.79 Å². The zero-order chi connectivity index (χ0) is 16.7. The van der Waals surface area contributed by atoms with Crippen LogP contribution in [-0.4, -0.2) is 23.8 Å². The Morgan fingerprint density at radius 2 is 1.68 bits per heavy atom. The molecule has 2 aromatic rings. The molecule has 0 aromatic heterocycles. The lowest BCUT2D eigenvalue weighted by atomic mass is 9.80. The fourth-order valence-corrected chi connectivity index (χ4v) is 3.82. The lowest BCUT2D eigenvalue weighted by molar-refractivity contribution is -0.129. The predicted molar refractivity (Wildman–Crippen MR) is 102 cm³/mol. The molecule has 5 heteroatoms. The molecular weight excluding hydrogens is 334 g/mol. The van der Waals surface area contributed by atoms with E-state index in [2.05, 4.69) is 17.1 Å². The molecule has 0 fully saturated rings. The van der Waals surface area contributed by atoms with Gasteiger partial charge in [0.1, 0.15) is 0 Å². The van der Waals surface area contributed by atoms with Crippen molar-refractivity contribution in [1.82, 2.24) is 4.90 Å². The second-order valence-corrected chi connectivity index (χ2v) is 6.60. The monoisotopic (exact) mass is 355 g/mol. The molecular formula is C20H22ClN3O. The van der Waals surface area contributed by atoms with Crippen LogP contribution in [0.5, 0.6) is 0 Å². The van der Waals surface area contributed by atoms with Gasteiger partial charge in [-0.15, -0.1) is 12.4 Å². The molecule has 0 bridgehead atoms. The molecule has 1 aliphatic carbocycles. The van der Waals surface area contributed by atoms with Gasteiger partial charge in [0, 0.05) is 7.05 Å². The Labute approximate surface area is 154 Å². The van der Waals surface area contributed by atoms with Gasteiger partial charge in [-0.05, 0) is 47.9 Å². The van der Waals surface area contributed by atoms with E-state index in [-0.39, 0.29) is 24.3 Å². The van der Waals surface area contributed by atoms with Crippen LogP contribution >= 0.6 is 12.4 Å². The number of nitrogens with zero attached hydrogens (tertiary/aromatic N) is 2. The zero-order valence-corrected chi connectivity index (χ0v) is 15.1. The minimum absolute atomic E-state index is 0. The second-order valence-electron chi connectivity index (χ2n) is 6.60. The highest BCUT2D eigenvalue weighted by atomic mass is 35.5. The predicted octanol–water partition coefficient (Wildman–Crippen LogP) is 3.02. The number of aryl methyl sites for hydroxylation is 2. The van der Waals surface area contributed by atoms with Gasteiger partial charge in [-0.1, -0.05) is 48.5 Å². The fraction of sp³-hybridized carbons (Fsp3) is 0.300. The van der Waals surface area contributed by atoms with E-state index in [1.54, 1.807) is 7.05 Å². The van der Waals surface area contributed by atoms with Gasteiger partial charge >= 0.3 is 0 Å². The van der Waals surface area contributed by atoms with Crippen molar-refractivity contribution in [2.45, 2.75) is 31.2 Å². The van der Waals surface area contributed by atoms with Crippen LogP contribution in [0.15, 0.2) is 53.5 Å². The summed E-state index contributed by atoms with van der Waals surface area (Å²) in [6, 6.07) is 16.1. The van der Waals surface area contributed by atoms with Crippen molar-refractivity contribution in [3.8, 4) is 0 Å². The zero-order valence-electron chi connectivity index (χ0n) is 14.2. The summed E-state index contributed by atoms with van der Waals surface area (Å²) >= 11 is 0. The molecule has 0 radical (unpaired) electrons. The first kappa shape index (κ1) is 17.5. The molecule has 1 heterocycles. The van der Waals surface area contributed by atoms with Crippen molar-refractivity contribution in [3.05, 3.63) is 70.8 Å². The summed E-state index contributed by atoms with van der Waals surface area (Å²) in [7, 11) is 1.68. The van der Waals surface area contributed by atoms with Crippen molar-refractivity contribution in [1.29, 1.82) is 0 Å². The average molecular weight is 356 g/mol. The van der Waals surface area contributed by atoms with Gasteiger partial charge in [-0.2, -0.15) is 0 Å². The van der Waals surface area contributed by atoms with Crippen LogP contribution in [0.3, 0.4) is 0 Å². The molecule has 1 aliphatic heterocycles. The van der Waals surface area contributed by atoms with Crippen LogP contribution in [0.25, 0.3) is 0 Å². The molecule has 2 N–H and O–H groups in total. The van der Waals surface area contributed by atoms with E-state index in [0.29, 0.717) is 0 Å². The lowest BCUT2D eigenvalue weighted by Crippen LogP contribution is -2.41. The lowest BCUT2D eigenvalue weighted by Gasteiger charge is -2.27. The van der Waals surface area contributed by atoms with Gasteiger partial charge in [0.15, 0.2) is 11.5 Å². The Morgan fingerprint density at radius 3 is 2.32 bits per heavy atom. The van der Waals surface area contributed by atoms with Gasteiger partial charge in [0.05, 0.1) is 0 Å². The highest BCUT2D eigenvalue weighted by Crippen LogP contribution is 2.40. The third-order valence-electron chi connectivity index (χ3n) is 5.20. The first-order chi connectivity index (χ1) is 11.6. The number of benzene rings is 2. The Morgan fingerprint density at radius 1 is 1.00 bits per heavy atom. The van der Waals surface area contributed by atoms with E-state index >= 15 is 0 Å². The van der Waals surface area contributed by atoms with E-state index in [4.69, 9.17) is 5.73 Å². The number of guanidine groups is 1. The number of hydrogen-bond acceptors (Lipinski definition) is 3. The second kappa shape index (κ2) is 6.52. The largest absolute Gasteiger partial charge is 0.369 e. The molecule has 2 aliphatic rings. The van der Waals surface area contributed by atoms with Crippen LogP contribution in [-0.2, 0) is 23.2 Å². The van der Waals surface area contributed by atoms with E-state index in [1.807, 2.05) is 36.4 Å². The topological polar surface area (TPSA) is 58.7 Å². The van der Waals surface area contributed by atoms with Crippen LogP contribution < -0.4 is 5.73 Å². The van der Waals surface area contributed by atoms with Gasteiger partial charge in [0.25, 0.3) is 5.91 Å². The van der Waals surface area contributed by atoms with E-state index in [9.17, 15) is 4.79 Å². The van der Waals surface area contributed by atoms with Crippen LogP contribution in [0.1, 0.15) is 35.1 Å². The smallest absolute Gasteiger partial charge is 0.266 e. The number of aliphatic imine (C=N–C) groups is 1. The average Bonchev–Trinajstić information content (AvgIpc) is 2.87. The SMILES string of the molecule is CN1C(=O)C(c2ccccc2)(c2ccc3c(c2)CCCC3)N=C1N.Cl. The maximum Gasteiger partial charge on any atom is 0.266 e. The minimum Gasteiger partial charge on any atom is -0.369 e. The molecule has 0 spiro atoms. The Bertz CT molecular complexity index is 834. The Hall–Kier alpha value is -2.33. The summed E-state index contributed by atoms with van der Waals surface area (Å²) in [5.41, 5.74) is 9.45. The van der Waals surface area contributed by atoms with Crippen molar-refractivity contribution in [2.24, 2.45) is 10.7 Å². The third-order valence-corrected chi connectivity index (χ3v) is 5.20. The summed E-state index contributed by atoms with van der Waals surface area (Å²) < 4.78 is 0. The number of rotatable bonds is 2. The highest BCUT2D eigenvalue weighted by molar-refractivity contribution is 6.08. The standard InChI is InChI=1S/C20H21N3O.ClH/c1-23-18(24)20(22-19(23)21,16-9-3-2-4-10-16)17-12-11-14-7-5-6-8-15(14)13-17;/h2-4,9-13H,5-8H2,1H3,(H2,21,22);1H. The molecule has 25 heavy (non-hydrogen) atoms. The van der Waals surface area contributed by atoms with E-state index in [0.717, 1.165) is 24.0 Å². The summed E-state index contributed by atoms with van der Waals surface area (Å²) in [5, 5.41) is 0. The van der Waals surface area contributed by atoms with Crippen LogP contribution in [0.4, 0.5) is 0 Å². The fourth-order valence-electron chi connectivity index (χ4n) is 3.82. The van der Waals surface area contributed by atoms with Crippen molar-refractivity contribution in [3.63, 3.8) is 0 Å². The van der Waals surface area contributed by atoms with Gasteiger partial charge in [-0.25, -0.2) is 4.99 Å². The van der Waals surface area contributed by atoms with Gasteiger partial charge in [0.2, 0.25) is 0 Å². The number of nitrogens with two attached hydrogens (primary N) is 1. The number of amides is 1. The molecule has 4 rings (SSSR count). The van der Waals surface area contributed by atoms with Gasteiger partial charge < -0.3 is 5.73 Å². The summed E-state index contributed by atoms with van der Waals surface area (Å²) in [4.78, 5) is 19.2. The molecule has 130 valence electrons. The van der Waals surface area contributed by atoms with Crippen LogP contribution in [0.2, 0.25) is 0 Å². The molecule has 4 nitrogen and oxygen atoms in total. The van der Waals surface area contributed by atoms with E-state index < -0.39 is 5.54 Å². The maximum atomic E-state index is 13.1. The normalized spacial score (nSPS) is 22.2. The summed E-state index contributed by atoms with van der Waals surface area (Å²) in [6.07, 6.45) is 4.63. The molecule has 1 atom stereocenters. The number of likely N-dealkylation sites (N-methyl/N-ethyl adjacent to an activating group) is 1. The number of hydrogen-bond donors (Lipinski definition) is 1. The molecule has 0 saturated heterocycles. The first-order valence-corrected chi connectivity index (χ1v) is 8.44. The molecule has 1 amide bonds. The number of carbonyl (C=O) groups is 1. The Kier molecular flexibility index (Phi) is 4.56. The number of fused-ring (bicyclic) bond motifs is 1. The van der Waals surface area contributed by atoms with Gasteiger partial charge in [-0.3, -0.25) is 9.69 Å². The molecule has 1 unspecified atom stereocenters. The van der Waals surface area contributed by atoms with Crippen molar-refractivity contribution >= 4 is 24.3 Å². The Balaban J connectivity index is 0.00000182. The minimum atomic E-state index is -1.06. The summed E-state index contributed by atoms with van der Waals surface area (Å²) in [6.45, 7) is 0. The maximum absolute atomic E-state index is 13.1. The highest BCUT2D eigenvalue weighted by Gasteiger charge is 2.49. The number of carbonyl (C=O) groups excluding carboxylic acids is 1. The number of halogens is 1. The quantitative estimate of drug-likeness (QED) is 0.900. The molecule has 0 saturated carbocycles.